The number of nitrogens with zero attached hydrogens (tertiary/aromatic N) is 2. The monoisotopic (exact) mass is 436 g/mol. The topological polar surface area (TPSA) is 119 Å². The summed E-state index contributed by atoms with van der Waals surface area (Å²) in [5.41, 5.74) is 0.831. The van der Waals surface area contributed by atoms with Crippen molar-refractivity contribution in [2.75, 3.05) is 18.5 Å². The first-order valence-corrected chi connectivity index (χ1v) is 8.73. The minimum Gasteiger partial charge on any atom is -0.480 e. The molecular formula is C19H15F3N4O5. The van der Waals surface area contributed by atoms with E-state index >= 15 is 0 Å². The molecule has 0 radical (unpaired) electrons. The Bertz CT molecular complexity index is 1080. The number of aromatic amines is 1. The normalized spacial score (nSPS) is 11.1. The van der Waals surface area contributed by atoms with Gasteiger partial charge in [0.1, 0.15) is 0 Å². The molecule has 12 heteroatoms. The van der Waals surface area contributed by atoms with Crippen LogP contribution in [-0.2, 0) is 4.79 Å². The fraction of sp³-hybridized carbons (Fsp3) is 0.158. The second-order valence-electron chi connectivity index (χ2n) is 6.16. The number of amides is 1. The molecule has 1 aromatic heterocycles. The lowest BCUT2D eigenvalue weighted by Gasteiger charge is -2.13. The average molecular weight is 436 g/mol. The second kappa shape index (κ2) is 9.15. The number of aromatic nitrogens is 2. The van der Waals surface area contributed by atoms with E-state index in [0.717, 1.165) is 0 Å². The van der Waals surface area contributed by atoms with E-state index in [1.54, 1.807) is 6.07 Å². The van der Waals surface area contributed by atoms with Crippen molar-refractivity contribution in [3.8, 4) is 22.8 Å². The summed E-state index contributed by atoms with van der Waals surface area (Å²) < 4.78 is 47.0. The van der Waals surface area contributed by atoms with Gasteiger partial charge in [-0.3, -0.25) is 20.0 Å². The summed E-state index contributed by atoms with van der Waals surface area (Å²) in [5.74, 6) is -0.666. The zero-order valence-electron chi connectivity index (χ0n) is 15.7. The summed E-state index contributed by atoms with van der Waals surface area (Å²) in [6.45, 7) is -2.00. The Balaban J connectivity index is 1.59. The van der Waals surface area contributed by atoms with Crippen molar-refractivity contribution >= 4 is 17.4 Å². The molecule has 0 unspecified atom stereocenters. The first-order chi connectivity index (χ1) is 14.7. The minimum atomic E-state index is -4.51. The Kier molecular flexibility index (Phi) is 6.38. The van der Waals surface area contributed by atoms with E-state index in [1.165, 1.54) is 48.5 Å². The number of alkyl halides is 3. The van der Waals surface area contributed by atoms with Crippen molar-refractivity contribution in [1.82, 2.24) is 10.2 Å². The number of ether oxygens (including phenoxy) is 2. The van der Waals surface area contributed by atoms with Gasteiger partial charge in [0.2, 0.25) is 0 Å². The number of halogens is 3. The molecule has 0 saturated heterocycles. The van der Waals surface area contributed by atoms with E-state index in [-0.39, 0.29) is 23.0 Å². The molecule has 0 aliphatic heterocycles. The molecule has 0 spiro atoms. The number of benzene rings is 2. The smallest absolute Gasteiger partial charge is 0.422 e. The fourth-order valence-corrected chi connectivity index (χ4v) is 2.49. The van der Waals surface area contributed by atoms with Gasteiger partial charge in [-0.25, -0.2) is 0 Å². The van der Waals surface area contributed by atoms with Crippen LogP contribution < -0.4 is 14.8 Å². The summed E-state index contributed by atoms with van der Waals surface area (Å²) in [6.07, 6.45) is -4.51. The van der Waals surface area contributed by atoms with E-state index in [1.807, 2.05) is 0 Å². The van der Waals surface area contributed by atoms with Gasteiger partial charge in [-0.05, 0) is 12.1 Å². The Morgan fingerprint density at radius 1 is 1.10 bits per heavy atom. The predicted octanol–water partition coefficient (Wildman–Crippen LogP) is 3.94. The number of para-hydroxylation sites is 2. The van der Waals surface area contributed by atoms with E-state index in [9.17, 15) is 28.1 Å². The van der Waals surface area contributed by atoms with Gasteiger partial charge in [-0.2, -0.15) is 18.3 Å². The first kappa shape index (κ1) is 21.6. The highest BCUT2D eigenvalue weighted by Crippen LogP contribution is 2.28. The van der Waals surface area contributed by atoms with Gasteiger partial charge >= 0.3 is 6.18 Å². The van der Waals surface area contributed by atoms with Crippen molar-refractivity contribution < 1.29 is 32.4 Å². The summed E-state index contributed by atoms with van der Waals surface area (Å²) in [6, 6.07) is 13.0. The van der Waals surface area contributed by atoms with Crippen molar-refractivity contribution in [3.63, 3.8) is 0 Å². The maximum atomic E-state index is 12.3. The van der Waals surface area contributed by atoms with Crippen LogP contribution in [0.4, 0.5) is 24.7 Å². The van der Waals surface area contributed by atoms with Gasteiger partial charge in [0.05, 0.1) is 10.6 Å². The summed E-state index contributed by atoms with van der Waals surface area (Å²) in [4.78, 5) is 22.5. The van der Waals surface area contributed by atoms with Crippen LogP contribution in [0.1, 0.15) is 0 Å². The lowest BCUT2D eigenvalue weighted by Crippen LogP contribution is -2.22. The summed E-state index contributed by atoms with van der Waals surface area (Å²) in [7, 11) is 0. The van der Waals surface area contributed by atoms with E-state index < -0.39 is 30.2 Å². The third-order valence-electron chi connectivity index (χ3n) is 3.81. The number of carbonyl (C=O) groups is 1. The third-order valence-corrected chi connectivity index (χ3v) is 3.81. The fourth-order valence-electron chi connectivity index (χ4n) is 2.49. The van der Waals surface area contributed by atoms with Crippen molar-refractivity contribution in [3.05, 3.63) is 64.7 Å². The van der Waals surface area contributed by atoms with Crippen LogP contribution in [0, 0.1) is 10.1 Å². The molecule has 1 heterocycles. The molecule has 31 heavy (non-hydrogen) atoms. The average Bonchev–Trinajstić information content (AvgIpc) is 3.19. The van der Waals surface area contributed by atoms with Crippen LogP contribution in [0.2, 0.25) is 0 Å². The summed E-state index contributed by atoms with van der Waals surface area (Å²) >= 11 is 0. The molecule has 0 atom stereocenters. The van der Waals surface area contributed by atoms with E-state index in [2.05, 4.69) is 20.3 Å². The largest absolute Gasteiger partial charge is 0.480 e. The predicted molar refractivity (Wildman–Crippen MR) is 103 cm³/mol. The minimum absolute atomic E-state index is 0.0267. The van der Waals surface area contributed by atoms with Crippen LogP contribution in [0.15, 0.2) is 54.6 Å². The lowest BCUT2D eigenvalue weighted by atomic mass is 10.1. The molecule has 3 aromatic rings. The number of hydrogen-bond donors (Lipinski definition) is 2. The molecule has 0 aliphatic carbocycles. The molecule has 1 amide bonds. The van der Waals surface area contributed by atoms with E-state index in [0.29, 0.717) is 11.3 Å². The standard InChI is InChI=1S/C19H15F3N4O5/c20-19(21,22)11-31-16-7-2-1-6-15(16)30-10-18(27)23-17-9-14(24-25-17)12-4-3-5-13(8-12)26(28)29/h1-9H,10-11H2,(H2,23,24,25,27). The van der Waals surface area contributed by atoms with Crippen molar-refractivity contribution in [2.45, 2.75) is 6.18 Å². The molecule has 9 nitrogen and oxygen atoms in total. The number of nitro benzene ring substituents is 1. The number of non-ortho nitro benzene ring substituents is 1. The number of nitro groups is 1. The quantitative estimate of drug-likeness (QED) is 0.408. The van der Waals surface area contributed by atoms with Gasteiger partial charge in [0, 0.05) is 23.8 Å². The number of nitrogens with one attached hydrogen (secondary N) is 2. The van der Waals surface area contributed by atoms with Crippen LogP contribution in [0.3, 0.4) is 0 Å². The SMILES string of the molecule is O=C(COc1ccccc1OCC(F)(F)F)Nc1cc(-c2cccc([N+](=O)[O-])c2)[nH]n1. The summed E-state index contributed by atoms with van der Waals surface area (Å²) in [5, 5.41) is 19.9. The van der Waals surface area contributed by atoms with Gasteiger partial charge in [0.15, 0.2) is 30.5 Å². The van der Waals surface area contributed by atoms with Gasteiger partial charge in [-0.15, -0.1) is 0 Å². The number of H-pyrrole nitrogens is 1. The number of hydrogen-bond acceptors (Lipinski definition) is 6. The molecule has 0 saturated carbocycles. The van der Waals surface area contributed by atoms with Gasteiger partial charge in [0.25, 0.3) is 11.6 Å². The Labute approximate surface area is 172 Å². The highest BCUT2D eigenvalue weighted by atomic mass is 19.4. The zero-order chi connectivity index (χ0) is 22.4. The molecule has 0 aliphatic rings. The molecule has 2 N–H and O–H groups in total. The highest BCUT2D eigenvalue weighted by molar-refractivity contribution is 5.91. The van der Waals surface area contributed by atoms with Crippen molar-refractivity contribution in [2.24, 2.45) is 0 Å². The molecular weight excluding hydrogens is 421 g/mol. The Hall–Kier alpha value is -4.09. The lowest BCUT2D eigenvalue weighted by molar-refractivity contribution is -0.384. The number of carbonyl (C=O) groups excluding carboxylic acids is 1. The van der Waals surface area contributed by atoms with Gasteiger partial charge in [-0.1, -0.05) is 24.3 Å². The third kappa shape index (κ3) is 6.19. The van der Waals surface area contributed by atoms with Crippen LogP contribution in [-0.4, -0.2) is 40.4 Å². The number of rotatable bonds is 8. The molecule has 162 valence electrons. The van der Waals surface area contributed by atoms with Crippen LogP contribution >= 0.6 is 0 Å². The second-order valence-corrected chi connectivity index (χ2v) is 6.16. The van der Waals surface area contributed by atoms with Gasteiger partial charge < -0.3 is 14.8 Å². The molecule has 2 aromatic carbocycles. The molecule has 0 fully saturated rings. The molecule has 0 bridgehead atoms. The van der Waals surface area contributed by atoms with Crippen LogP contribution in [0.25, 0.3) is 11.3 Å². The van der Waals surface area contributed by atoms with Crippen LogP contribution in [0.5, 0.6) is 11.5 Å². The number of anilines is 1. The van der Waals surface area contributed by atoms with Crippen molar-refractivity contribution in [1.29, 1.82) is 0 Å². The maximum absolute atomic E-state index is 12.3. The highest BCUT2D eigenvalue weighted by Gasteiger charge is 2.29. The Morgan fingerprint density at radius 3 is 2.48 bits per heavy atom. The van der Waals surface area contributed by atoms with E-state index in [4.69, 9.17) is 4.74 Å². The zero-order valence-corrected chi connectivity index (χ0v) is 15.7. The first-order valence-electron chi connectivity index (χ1n) is 8.73. The maximum Gasteiger partial charge on any atom is 0.422 e. The molecule has 3 rings (SSSR count). The Morgan fingerprint density at radius 2 is 1.81 bits per heavy atom.